The normalized spacial score (nSPS) is 11.9. The van der Waals surface area contributed by atoms with E-state index in [1.54, 1.807) is 24.0 Å². The minimum atomic E-state index is -0.465. The predicted octanol–water partition coefficient (Wildman–Crippen LogP) is 2.82. The van der Waals surface area contributed by atoms with Crippen LogP contribution in [0.25, 0.3) is 0 Å². The number of ether oxygens (including phenoxy) is 1. The Kier molecular flexibility index (Phi) is 7.85. The fourth-order valence-corrected chi connectivity index (χ4v) is 2.76. The van der Waals surface area contributed by atoms with Gasteiger partial charge >= 0.3 is 6.09 Å². The first kappa shape index (κ1) is 20.5. The van der Waals surface area contributed by atoms with Crippen LogP contribution in [0.4, 0.5) is 4.79 Å². The molecule has 0 saturated heterocycles. The molecule has 146 valence electrons. The number of hydrogen-bond acceptors (Lipinski definition) is 4. The Morgan fingerprint density at radius 1 is 1.22 bits per heavy atom. The van der Waals surface area contributed by atoms with E-state index in [0.29, 0.717) is 31.2 Å². The molecule has 0 aliphatic rings. The summed E-state index contributed by atoms with van der Waals surface area (Å²) in [7, 11) is 0. The van der Waals surface area contributed by atoms with Gasteiger partial charge in [-0.15, -0.1) is 0 Å². The van der Waals surface area contributed by atoms with E-state index in [0.717, 1.165) is 12.0 Å². The second-order valence-corrected chi connectivity index (χ2v) is 6.81. The largest absolute Gasteiger partial charge is 0.450 e. The van der Waals surface area contributed by atoms with Gasteiger partial charge in [-0.2, -0.15) is 5.10 Å². The van der Waals surface area contributed by atoms with Crippen LogP contribution in [-0.2, 0) is 11.3 Å². The van der Waals surface area contributed by atoms with Crippen LogP contribution in [0, 0.1) is 5.92 Å². The third kappa shape index (κ3) is 7.13. The molecule has 0 radical (unpaired) electrons. The van der Waals surface area contributed by atoms with Crippen LogP contribution < -0.4 is 10.6 Å². The van der Waals surface area contributed by atoms with Gasteiger partial charge in [0.1, 0.15) is 0 Å². The van der Waals surface area contributed by atoms with Gasteiger partial charge in [0.15, 0.2) is 0 Å². The van der Waals surface area contributed by atoms with E-state index in [9.17, 15) is 9.59 Å². The highest BCUT2D eigenvalue weighted by Gasteiger charge is 2.17. The molecular weight excluding hydrogens is 344 g/mol. The first-order chi connectivity index (χ1) is 13.0. The standard InChI is InChI=1S/C20H28N4O3/c1-4-27-20(26)23-18(10-15(2)3)12-21-19(25)17-11-22-24(14-17)13-16-8-6-5-7-9-16/h5-9,11,14-15,18H,4,10,12-13H2,1-3H3,(H,21,25)(H,23,26). The van der Waals surface area contributed by atoms with Crippen LogP contribution in [0.5, 0.6) is 0 Å². The molecule has 1 atom stereocenters. The summed E-state index contributed by atoms with van der Waals surface area (Å²) < 4.78 is 6.66. The quantitative estimate of drug-likeness (QED) is 0.709. The molecule has 2 N–H and O–H groups in total. The van der Waals surface area contributed by atoms with Crippen molar-refractivity contribution < 1.29 is 14.3 Å². The summed E-state index contributed by atoms with van der Waals surface area (Å²) >= 11 is 0. The molecule has 7 heteroatoms. The van der Waals surface area contributed by atoms with Crippen molar-refractivity contribution >= 4 is 12.0 Å². The third-order valence-electron chi connectivity index (χ3n) is 3.95. The van der Waals surface area contributed by atoms with Crippen LogP contribution >= 0.6 is 0 Å². The molecule has 27 heavy (non-hydrogen) atoms. The number of carbonyl (C=O) groups excluding carboxylic acids is 2. The number of benzene rings is 1. The Morgan fingerprint density at radius 2 is 1.96 bits per heavy atom. The van der Waals surface area contributed by atoms with E-state index < -0.39 is 6.09 Å². The molecule has 0 aliphatic carbocycles. The summed E-state index contributed by atoms with van der Waals surface area (Å²) in [5, 5.41) is 9.91. The van der Waals surface area contributed by atoms with Gasteiger partial charge in [-0.1, -0.05) is 44.2 Å². The summed E-state index contributed by atoms with van der Waals surface area (Å²) in [6.45, 7) is 7.14. The highest BCUT2D eigenvalue weighted by atomic mass is 16.5. The van der Waals surface area contributed by atoms with Crippen molar-refractivity contribution in [1.29, 1.82) is 0 Å². The highest BCUT2D eigenvalue weighted by molar-refractivity contribution is 5.93. The maximum absolute atomic E-state index is 12.4. The lowest BCUT2D eigenvalue weighted by Crippen LogP contribution is -2.44. The average molecular weight is 372 g/mol. The van der Waals surface area contributed by atoms with Crippen LogP contribution in [0.2, 0.25) is 0 Å². The molecule has 0 spiro atoms. The van der Waals surface area contributed by atoms with E-state index in [1.165, 1.54) is 0 Å². The Balaban J connectivity index is 1.89. The maximum Gasteiger partial charge on any atom is 0.407 e. The van der Waals surface area contributed by atoms with E-state index in [1.807, 2.05) is 30.3 Å². The zero-order valence-corrected chi connectivity index (χ0v) is 16.1. The highest BCUT2D eigenvalue weighted by Crippen LogP contribution is 2.06. The number of nitrogens with zero attached hydrogens (tertiary/aromatic N) is 2. The summed E-state index contributed by atoms with van der Waals surface area (Å²) in [5.74, 6) is 0.163. The molecule has 2 amide bonds. The first-order valence-corrected chi connectivity index (χ1v) is 9.25. The minimum absolute atomic E-state index is 0.188. The lowest BCUT2D eigenvalue weighted by molar-refractivity contribution is 0.0944. The molecular formula is C20H28N4O3. The van der Waals surface area contributed by atoms with E-state index in [2.05, 4.69) is 29.6 Å². The molecule has 7 nitrogen and oxygen atoms in total. The lowest BCUT2D eigenvalue weighted by atomic mass is 10.0. The monoisotopic (exact) mass is 372 g/mol. The van der Waals surface area contributed by atoms with Crippen molar-refractivity contribution in [2.75, 3.05) is 13.2 Å². The zero-order valence-electron chi connectivity index (χ0n) is 16.1. The molecule has 0 fully saturated rings. The van der Waals surface area contributed by atoms with Gasteiger partial charge in [0.25, 0.3) is 5.91 Å². The number of carbonyl (C=O) groups is 2. The Labute approximate surface area is 160 Å². The molecule has 1 aromatic carbocycles. The number of aromatic nitrogens is 2. The van der Waals surface area contributed by atoms with Gasteiger partial charge in [0.2, 0.25) is 0 Å². The SMILES string of the molecule is CCOC(=O)NC(CNC(=O)c1cnn(Cc2ccccc2)c1)CC(C)C. The van der Waals surface area contributed by atoms with Crippen molar-refractivity contribution in [1.82, 2.24) is 20.4 Å². The van der Waals surface area contributed by atoms with Crippen molar-refractivity contribution in [3.05, 3.63) is 53.9 Å². The number of rotatable bonds is 9. The Bertz CT molecular complexity index is 728. The van der Waals surface area contributed by atoms with Crippen LogP contribution in [0.3, 0.4) is 0 Å². The second-order valence-electron chi connectivity index (χ2n) is 6.81. The number of nitrogens with one attached hydrogen (secondary N) is 2. The Morgan fingerprint density at radius 3 is 2.63 bits per heavy atom. The van der Waals surface area contributed by atoms with Crippen molar-refractivity contribution in [3.63, 3.8) is 0 Å². The van der Waals surface area contributed by atoms with Crippen LogP contribution in [0.15, 0.2) is 42.7 Å². The zero-order chi connectivity index (χ0) is 19.6. The molecule has 2 rings (SSSR count). The minimum Gasteiger partial charge on any atom is -0.450 e. The number of hydrogen-bond donors (Lipinski definition) is 2. The van der Waals surface area contributed by atoms with Crippen molar-refractivity contribution in [2.45, 2.75) is 39.8 Å². The summed E-state index contributed by atoms with van der Waals surface area (Å²) in [4.78, 5) is 24.1. The topological polar surface area (TPSA) is 85.2 Å². The van der Waals surface area contributed by atoms with Gasteiger partial charge in [-0.3, -0.25) is 9.48 Å². The summed E-state index contributed by atoms with van der Waals surface area (Å²) in [6.07, 6.45) is 3.55. The van der Waals surface area contributed by atoms with Crippen LogP contribution in [0.1, 0.15) is 43.1 Å². The van der Waals surface area contributed by atoms with E-state index >= 15 is 0 Å². The molecule has 0 saturated carbocycles. The molecule has 0 aliphatic heterocycles. The summed E-state index contributed by atoms with van der Waals surface area (Å²) in [6, 6.07) is 9.74. The second kappa shape index (κ2) is 10.4. The van der Waals surface area contributed by atoms with Gasteiger partial charge in [0.05, 0.1) is 24.9 Å². The van der Waals surface area contributed by atoms with E-state index in [-0.39, 0.29) is 11.9 Å². The maximum atomic E-state index is 12.4. The molecule has 1 aromatic heterocycles. The molecule has 1 heterocycles. The van der Waals surface area contributed by atoms with Crippen LogP contribution in [-0.4, -0.2) is 41.0 Å². The number of amides is 2. The molecule has 2 aromatic rings. The van der Waals surface area contributed by atoms with Crippen molar-refractivity contribution in [3.8, 4) is 0 Å². The lowest BCUT2D eigenvalue weighted by Gasteiger charge is -2.20. The average Bonchev–Trinajstić information content (AvgIpc) is 3.08. The number of alkyl carbamates (subject to hydrolysis) is 1. The smallest absolute Gasteiger partial charge is 0.407 e. The molecule has 1 unspecified atom stereocenters. The predicted molar refractivity (Wildman–Crippen MR) is 104 cm³/mol. The van der Waals surface area contributed by atoms with E-state index in [4.69, 9.17) is 4.74 Å². The third-order valence-corrected chi connectivity index (χ3v) is 3.95. The fraction of sp³-hybridized carbons (Fsp3) is 0.450. The van der Waals surface area contributed by atoms with Gasteiger partial charge in [0, 0.05) is 18.8 Å². The first-order valence-electron chi connectivity index (χ1n) is 9.25. The van der Waals surface area contributed by atoms with Gasteiger partial charge in [-0.25, -0.2) is 4.79 Å². The summed E-state index contributed by atoms with van der Waals surface area (Å²) in [5.41, 5.74) is 1.61. The fourth-order valence-electron chi connectivity index (χ4n) is 2.76. The van der Waals surface area contributed by atoms with Gasteiger partial charge in [-0.05, 0) is 24.8 Å². The molecule has 0 bridgehead atoms. The van der Waals surface area contributed by atoms with Crippen molar-refractivity contribution in [2.24, 2.45) is 5.92 Å². The Hall–Kier alpha value is -2.83. The van der Waals surface area contributed by atoms with Gasteiger partial charge < -0.3 is 15.4 Å².